The maximum atomic E-state index is 10.2. The van der Waals surface area contributed by atoms with Crippen LogP contribution in [0, 0.1) is 5.41 Å². The summed E-state index contributed by atoms with van der Waals surface area (Å²) in [5, 5.41) is 17.7. The molecule has 74 valence electrons. The number of rotatable bonds is 5. The van der Waals surface area contributed by atoms with Crippen molar-refractivity contribution in [3.63, 3.8) is 0 Å². The Hall–Kier alpha value is -0.378. The molecule has 0 saturated carbocycles. The van der Waals surface area contributed by atoms with Crippen molar-refractivity contribution in [2.45, 2.75) is 18.9 Å². The average molecular weight is 381 g/mol. The molecule has 0 amide bonds. The van der Waals surface area contributed by atoms with Crippen molar-refractivity contribution in [2.24, 2.45) is 11.5 Å². The van der Waals surface area contributed by atoms with Crippen molar-refractivity contribution in [3.05, 3.63) is 0 Å². The van der Waals surface area contributed by atoms with E-state index in [1.165, 1.54) is 0 Å². The second-order valence-electron chi connectivity index (χ2n) is 2.43. The topological polar surface area (TPSA) is 125 Å². The Morgan fingerprint density at radius 1 is 1.62 bits per heavy atom. The SMILES string of the molecule is N=C(N)NCCC[C@H](N)C(=O)O.[Pb]. The molecule has 0 unspecified atom stereocenters. The van der Waals surface area contributed by atoms with Gasteiger partial charge in [-0.2, -0.15) is 0 Å². The number of hydrogen-bond acceptors (Lipinski definition) is 3. The number of nitrogens with one attached hydrogen (secondary N) is 2. The predicted molar refractivity (Wildman–Crippen MR) is 50.5 cm³/mol. The van der Waals surface area contributed by atoms with Gasteiger partial charge in [-0.15, -0.1) is 0 Å². The minimum atomic E-state index is -1.00. The number of nitrogens with two attached hydrogens (primary N) is 2. The molecule has 0 aliphatic carbocycles. The Balaban J connectivity index is 0. The molecule has 0 heterocycles. The maximum Gasteiger partial charge on any atom is 0.320 e. The van der Waals surface area contributed by atoms with Crippen LogP contribution in [0.3, 0.4) is 0 Å². The molecule has 0 aromatic rings. The minimum Gasteiger partial charge on any atom is -0.480 e. The van der Waals surface area contributed by atoms with Crippen LogP contribution in [0.2, 0.25) is 0 Å². The molecular formula is C6H14N4O2Pb. The molecule has 4 radical (unpaired) electrons. The van der Waals surface area contributed by atoms with Crippen LogP contribution in [0.4, 0.5) is 0 Å². The second-order valence-corrected chi connectivity index (χ2v) is 2.43. The van der Waals surface area contributed by atoms with Gasteiger partial charge in [-0.25, -0.2) is 0 Å². The van der Waals surface area contributed by atoms with Gasteiger partial charge < -0.3 is 21.9 Å². The van der Waals surface area contributed by atoms with Gasteiger partial charge in [0.15, 0.2) is 5.96 Å². The first-order valence-electron chi connectivity index (χ1n) is 3.60. The number of hydrogen-bond donors (Lipinski definition) is 5. The number of carboxylic acid groups (broad SMARTS) is 1. The van der Waals surface area contributed by atoms with Crippen molar-refractivity contribution in [2.75, 3.05) is 6.54 Å². The molecule has 1 atom stereocenters. The number of carboxylic acids is 1. The molecule has 0 aliphatic rings. The summed E-state index contributed by atoms with van der Waals surface area (Å²) in [7, 11) is 0. The zero-order valence-corrected chi connectivity index (χ0v) is 11.1. The third kappa shape index (κ3) is 9.54. The molecule has 0 bridgehead atoms. The standard InChI is InChI=1S/C6H14N4O2.Pb/c7-4(5(11)12)2-1-3-10-6(8)9;/h4H,1-3,7H2,(H,11,12)(H4,8,9,10);/t4-;/m0./s1. The van der Waals surface area contributed by atoms with E-state index in [2.05, 4.69) is 5.32 Å². The predicted octanol–water partition coefficient (Wildman–Crippen LogP) is -1.72. The van der Waals surface area contributed by atoms with Crippen LogP contribution in [-0.2, 0) is 4.79 Å². The van der Waals surface area contributed by atoms with Crippen LogP contribution in [0.15, 0.2) is 0 Å². The van der Waals surface area contributed by atoms with Crippen LogP contribution in [0.5, 0.6) is 0 Å². The van der Waals surface area contributed by atoms with Crippen molar-refractivity contribution in [3.8, 4) is 0 Å². The summed E-state index contributed by atoms with van der Waals surface area (Å²) in [6.07, 6.45) is 0.975. The van der Waals surface area contributed by atoms with Crippen LogP contribution in [-0.4, -0.2) is 56.9 Å². The summed E-state index contributed by atoms with van der Waals surface area (Å²) < 4.78 is 0. The monoisotopic (exact) mass is 382 g/mol. The van der Waals surface area contributed by atoms with Gasteiger partial charge in [0, 0.05) is 33.8 Å². The van der Waals surface area contributed by atoms with E-state index in [0.29, 0.717) is 19.4 Å². The first-order chi connectivity index (χ1) is 5.54. The molecule has 0 rings (SSSR count). The third-order valence-electron chi connectivity index (χ3n) is 1.32. The largest absolute Gasteiger partial charge is 0.480 e. The fourth-order valence-electron chi connectivity index (χ4n) is 0.669. The molecule has 0 spiro atoms. The molecular weight excluding hydrogens is 367 g/mol. The van der Waals surface area contributed by atoms with Gasteiger partial charge in [0.05, 0.1) is 0 Å². The normalized spacial score (nSPS) is 11.2. The average Bonchev–Trinajstić information content (AvgIpc) is 1.97. The van der Waals surface area contributed by atoms with E-state index in [-0.39, 0.29) is 33.3 Å². The van der Waals surface area contributed by atoms with Gasteiger partial charge in [0.1, 0.15) is 6.04 Å². The number of guanidine groups is 1. The number of carbonyl (C=O) groups is 1. The van der Waals surface area contributed by atoms with Crippen molar-refractivity contribution in [1.82, 2.24) is 5.32 Å². The Bertz CT molecular complexity index is 176. The first-order valence-corrected chi connectivity index (χ1v) is 3.60. The molecule has 0 fully saturated rings. The van der Waals surface area contributed by atoms with E-state index in [9.17, 15) is 4.79 Å². The Kier molecular flexibility index (Phi) is 9.57. The van der Waals surface area contributed by atoms with Crippen LogP contribution in [0.25, 0.3) is 0 Å². The Morgan fingerprint density at radius 2 is 2.15 bits per heavy atom. The summed E-state index contributed by atoms with van der Waals surface area (Å²) in [6.45, 7) is 0.482. The van der Waals surface area contributed by atoms with Crippen molar-refractivity contribution in [1.29, 1.82) is 5.41 Å². The molecule has 0 aromatic heterocycles. The maximum absolute atomic E-state index is 10.2. The summed E-state index contributed by atoms with van der Waals surface area (Å²) in [6, 6.07) is -0.821. The van der Waals surface area contributed by atoms with Crippen molar-refractivity contribution < 1.29 is 9.90 Å². The quantitative estimate of drug-likeness (QED) is 0.168. The molecule has 7 heteroatoms. The molecule has 0 saturated heterocycles. The summed E-state index contributed by atoms with van der Waals surface area (Å²) >= 11 is 0. The van der Waals surface area contributed by atoms with Gasteiger partial charge >= 0.3 is 5.97 Å². The summed E-state index contributed by atoms with van der Waals surface area (Å²) in [4.78, 5) is 10.2. The zero-order valence-electron chi connectivity index (χ0n) is 7.21. The molecule has 6 nitrogen and oxygen atoms in total. The van der Waals surface area contributed by atoms with Gasteiger partial charge in [-0.05, 0) is 12.8 Å². The van der Waals surface area contributed by atoms with E-state index in [1.54, 1.807) is 0 Å². The summed E-state index contributed by atoms with van der Waals surface area (Å²) in [5.74, 6) is -1.11. The Labute approximate surface area is 96.7 Å². The molecule has 0 aliphatic heterocycles. The van der Waals surface area contributed by atoms with E-state index in [1.807, 2.05) is 0 Å². The van der Waals surface area contributed by atoms with E-state index in [4.69, 9.17) is 22.0 Å². The van der Waals surface area contributed by atoms with Crippen molar-refractivity contribution >= 4 is 39.2 Å². The van der Waals surface area contributed by atoms with Gasteiger partial charge in [-0.3, -0.25) is 10.2 Å². The van der Waals surface area contributed by atoms with Crippen LogP contribution in [0.1, 0.15) is 12.8 Å². The molecule has 7 N–H and O–H groups in total. The van der Waals surface area contributed by atoms with Gasteiger partial charge in [-0.1, -0.05) is 0 Å². The summed E-state index contributed by atoms with van der Waals surface area (Å²) in [5.41, 5.74) is 10.2. The number of aliphatic carboxylic acids is 1. The fourth-order valence-corrected chi connectivity index (χ4v) is 0.669. The van der Waals surface area contributed by atoms with Crippen LogP contribution < -0.4 is 16.8 Å². The second kappa shape index (κ2) is 8.23. The zero-order chi connectivity index (χ0) is 9.56. The minimum absolute atomic E-state index is 0. The molecule has 13 heavy (non-hydrogen) atoms. The molecule has 0 aromatic carbocycles. The first kappa shape index (κ1) is 15.1. The van der Waals surface area contributed by atoms with Crippen LogP contribution >= 0.6 is 0 Å². The van der Waals surface area contributed by atoms with Gasteiger partial charge in [0.2, 0.25) is 0 Å². The smallest absolute Gasteiger partial charge is 0.320 e. The van der Waals surface area contributed by atoms with E-state index in [0.717, 1.165) is 0 Å². The fraction of sp³-hybridized carbons (Fsp3) is 0.667. The Morgan fingerprint density at radius 3 is 2.54 bits per heavy atom. The third-order valence-corrected chi connectivity index (χ3v) is 1.32. The van der Waals surface area contributed by atoms with E-state index < -0.39 is 12.0 Å². The van der Waals surface area contributed by atoms with Gasteiger partial charge in [0.25, 0.3) is 0 Å². The van der Waals surface area contributed by atoms with E-state index >= 15 is 0 Å².